The first-order valence-corrected chi connectivity index (χ1v) is 10.2. The van der Waals surface area contributed by atoms with Crippen LogP contribution in [0.25, 0.3) is 5.52 Å². The van der Waals surface area contributed by atoms with Crippen LogP contribution in [-0.4, -0.2) is 55.7 Å². The molecule has 0 bridgehead atoms. The van der Waals surface area contributed by atoms with Crippen molar-refractivity contribution in [3.63, 3.8) is 0 Å². The standard InChI is InChI=1S/C20H25N5O5/c21-10-20(15-7-6-13-19(22)23-11-24-25(13)15)18(28)17(27)14(30-20)9-29-16(26)8-12-4-2-1-3-5-12/h6-7,11-12,14,17-18,27-28H,1-5,8-9H2,(H2,22,23,24)/t14-,17-,18-,20+/m1/s1. The molecular weight excluding hydrogens is 390 g/mol. The number of carbonyl (C=O) groups excluding carboxylic acids is 1. The SMILES string of the molecule is N#C[C@@]1(c2ccc3c(N)ncnn23)O[C@H](COC(=O)CC2CCCCC2)[C@@H](O)[C@H]1O. The maximum absolute atomic E-state index is 12.2. The summed E-state index contributed by atoms with van der Waals surface area (Å²) in [5, 5.41) is 35.1. The molecule has 4 N–H and O–H groups in total. The van der Waals surface area contributed by atoms with E-state index in [2.05, 4.69) is 10.1 Å². The molecule has 0 spiro atoms. The largest absolute Gasteiger partial charge is 0.463 e. The molecule has 0 radical (unpaired) electrons. The third-order valence-electron chi connectivity index (χ3n) is 6.08. The Labute approximate surface area is 173 Å². The highest BCUT2D eigenvalue weighted by molar-refractivity contribution is 5.69. The van der Waals surface area contributed by atoms with E-state index < -0.39 is 23.9 Å². The zero-order valence-corrected chi connectivity index (χ0v) is 16.5. The molecule has 1 aliphatic heterocycles. The van der Waals surface area contributed by atoms with Gasteiger partial charge in [0, 0.05) is 6.42 Å². The van der Waals surface area contributed by atoms with Crippen LogP contribution in [0.5, 0.6) is 0 Å². The first-order valence-electron chi connectivity index (χ1n) is 10.2. The van der Waals surface area contributed by atoms with Crippen molar-refractivity contribution in [2.45, 2.75) is 62.4 Å². The van der Waals surface area contributed by atoms with Crippen LogP contribution >= 0.6 is 0 Å². The van der Waals surface area contributed by atoms with Crippen molar-refractivity contribution in [3.05, 3.63) is 24.2 Å². The third-order valence-corrected chi connectivity index (χ3v) is 6.08. The number of carbonyl (C=O) groups is 1. The van der Waals surface area contributed by atoms with E-state index in [1.54, 1.807) is 6.07 Å². The fourth-order valence-electron chi connectivity index (χ4n) is 4.41. The van der Waals surface area contributed by atoms with Gasteiger partial charge in [0.25, 0.3) is 0 Å². The number of aliphatic hydroxyl groups is 2. The Balaban J connectivity index is 1.49. The Morgan fingerprint density at radius 2 is 2.13 bits per heavy atom. The van der Waals surface area contributed by atoms with E-state index in [1.807, 2.05) is 6.07 Å². The lowest BCUT2D eigenvalue weighted by Gasteiger charge is -2.24. The van der Waals surface area contributed by atoms with E-state index in [1.165, 1.54) is 23.3 Å². The fourth-order valence-corrected chi connectivity index (χ4v) is 4.41. The number of rotatable bonds is 5. The van der Waals surface area contributed by atoms with E-state index in [4.69, 9.17) is 15.2 Å². The molecule has 3 heterocycles. The number of nitriles is 1. The summed E-state index contributed by atoms with van der Waals surface area (Å²) < 4.78 is 12.5. The lowest BCUT2D eigenvalue weighted by Crippen LogP contribution is -2.41. The summed E-state index contributed by atoms with van der Waals surface area (Å²) in [6.07, 6.45) is 2.98. The molecule has 1 saturated heterocycles. The molecule has 4 rings (SSSR count). The number of fused-ring (bicyclic) bond motifs is 1. The minimum absolute atomic E-state index is 0.200. The van der Waals surface area contributed by atoms with E-state index in [9.17, 15) is 20.3 Å². The topological polar surface area (TPSA) is 156 Å². The van der Waals surface area contributed by atoms with Gasteiger partial charge in [-0.1, -0.05) is 19.3 Å². The van der Waals surface area contributed by atoms with Crippen LogP contribution in [0.3, 0.4) is 0 Å². The molecule has 160 valence electrons. The van der Waals surface area contributed by atoms with E-state index >= 15 is 0 Å². The Morgan fingerprint density at radius 1 is 1.37 bits per heavy atom. The van der Waals surface area contributed by atoms with Crippen LogP contribution in [0.1, 0.15) is 44.2 Å². The summed E-state index contributed by atoms with van der Waals surface area (Å²) in [5.41, 5.74) is 4.58. The molecule has 0 unspecified atom stereocenters. The monoisotopic (exact) mass is 415 g/mol. The molecule has 10 nitrogen and oxygen atoms in total. The number of aromatic nitrogens is 3. The minimum atomic E-state index is -1.90. The summed E-state index contributed by atoms with van der Waals surface area (Å²) >= 11 is 0. The summed E-state index contributed by atoms with van der Waals surface area (Å²) in [4.78, 5) is 16.1. The number of anilines is 1. The van der Waals surface area contributed by atoms with Crippen molar-refractivity contribution in [2.75, 3.05) is 12.3 Å². The lowest BCUT2D eigenvalue weighted by atomic mass is 9.87. The number of nitrogens with zero attached hydrogens (tertiary/aromatic N) is 4. The fraction of sp³-hybridized carbons (Fsp3) is 0.600. The molecule has 4 atom stereocenters. The molecule has 1 saturated carbocycles. The zero-order valence-electron chi connectivity index (χ0n) is 16.5. The van der Waals surface area contributed by atoms with Crippen molar-refractivity contribution in [3.8, 4) is 6.07 Å². The Kier molecular flexibility index (Phi) is 5.60. The highest BCUT2D eigenvalue weighted by Crippen LogP contribution is 2.40. The van der Waals surface area contributed by atoms with Gasteiger partial charge < -0.3 is 25.4 Å². The van der Waals surface area contributed by atoms with E-state index in [-0.39, 0.29) is 24.1 Å². The zero-order chi connectivity index (χ0) is 21.3. The van der Waals surface area contributed by atoms with Gasteiger partial charge in [-0.25, -0.2) is 9.50 Å². The van der Waals surface area contributed by atoms with Gasteiger partial charge in [-0.3, -0.25) is 4.79 Å². The number of ether oxygens (including phenoxy) is 2. The first-order chi connectivity index (χ1) is 14.5. The maximum atomic E-state index is 12.2. The normalized spacial score (nSPS) is 29.7. The van der Waals surface area contributed by atoms with E-state index in [0.717, 1.165) is 25.7 Å². The van der Waals surface area contributed by atoms with Gasteiger partial charge >= 0.3 is 5.97 Å². The molecule has 2 aliphatic rings. The van der Waals surface area contributed by atoms with Crippen LogP contribution in [0.4, 0.5) is 5.82 Å². The lowest BCUT2D eigenvalue weighted by molar-refractivity contribution is -0.152. The number of nitrogen functional groups attached to an aromatic ring is 1. The molecule has 30 heavy (non-hydrogen) atoms. The van der Waals surface area contributed by atoms with Crippen molar-refractivity contribution >= 4 is 17.3 Å². The van der Waals surface area contributed by atoms with Crippen LogP contribution in [0.15, 0.2) is 18.5 Å². The maximum Gasteiger partial charge on any atom is 0.306 e. The van der Waals surface area contributed by atoms with Crippen molar-refractivity contribution < 1.29 is 24.5 Å². The van der Waals surface area contributed by atoms with Gasteiger partial charge in [0.2, 0.25) is 5.60 Å². The van der Waals surface area contributed by atoms with Crippen LogP contribution in [0.2, 0.25) is 0 Å². The van der Waals surface area contributed by atoms with Crippen LogP contribution in [0, 0.1) is 17.2 Å². The van der Waals surface area contributed by atoms with Gasteiger partial charge in [0.1, 0.15) is 42.8 Å². The summed E-state index contributed by atoms with van der Waals surface area (Å²) in [6, 6.07) is 5.10. The third kappa shape index (κ3) is 3.49. The Hall–Kier alpha value is -2.74. The predicted molar refractivity (Wildman–Crippen MR) is 104 cm³/mol. The summed E-state index contributed by atoms with van der Waals surface area (Å²) in [5.74, 6) is 0.155. The second kappa shape index (κ2) is 8.18. The van der Waals surface area contributed by atoms with Crippen LogP contribution < -0.4 is 5.73 Å². The second-order valence-electron chi connectivity index (χ2n) is 7.99. The molecule has 2 aromatic heterocycles. The highest BCUT2D eigenvalue weighted by atomic mass is 16.6. The first kappa shape index (κ1) is 20.5. The molecular formula is C20H25N5O5. The average molecular weight is 415 g/mol. The highest BCUT2D eigenvalue weighted by Gasteiger charge is 2.57. The second-order valence-corrected chi connectivity index (χ2v) is 7.99. The van der Waals surface area contributed by atoms with Gasteiger partial charge in [-0.05, 0) is 30.9 Å². The minimum Gasteiger partial charge on any atom is -0.463 e. The van der Waals surface area contributed by atoms with Crippen molar-refractivity contribution in [1.29, 1.82) is 5.26 Å². The number of hydrogen-bond acceptors (Lipinski definition) is 9. The molecule has 0 aromatic carbocycles. The van der Waals surface area contributed by atoms with Crippen molar-refractivity contribution in [1.82, 2.24) is 14.6 Å². The molecule has 2 aromatic rings. The molecule has 2 fully saturated rings. The molecule has 1 aliphatic carbocycles. The number of esters is 1. The van der Waals surface area contributed by atoms with Gasteiger partial charge in [-0.15, -0.1) is 0 Å². The Bertz CT molecular complexity index is 966. The van der Waals surface area contributed by atoms with Gasteiger partial charge in [0.15, 0.2) is 5.82 Å². The summed E-state index contributed by atoms with van der Waals surface area (Å²) in [7, 11) is 0. The Morgan fingerprint density at radius 3 is 2.87 bits per heavy atom. The van der Waals surface area contributed by atoms with Crippen molar-refractivity contribution in [2.24, 2.45) is 5.92 Å². The quantitative estimate of drug-likeness (QED) is 0.597. The summed E-state index contributed by atoms with van der Waals surface area (Å²) in [6.45, 7) is -0.256. The predicted octanol–water partition coefficient (Wildman–Crippen LogP) is 0.665. The van der Waals surface area contributed by atoms with Crippen LogP contribution in [-0.2, 0) is 19.9 Å². The average Bonchev–Trinajstić information content (AvgIpc) is 3.29. The number of nitrogens with two attached hydrogens (primary N) is 1. The van der Waals surface area contributed by atoms with Gasteiger partial charge in [0.05, 0.1) is 5.69 Å². The molecule has 10 heteroatoms. The number of aliphatic hydroxyl groups excluding tert-OH is 2. The van der Waals surface area contributed by atoms with Gasteiger partial charge in [-0.2, -0.15) is 10.4 Å². The number of hydrogen-bond donors (Lipinski definition) is 3. The molecule has 0 amide bonds. The van der Waals surface area contributed by atoms with E-state index in [0.29, 0.717) is 17.9 Å². The smallest absolute Gasteiger partial charge is 0.306 e.